The van der Waals surface area contributed by atoms with Crippen LogP contribution in [0, 0.1) is 0 Å². The number of hydrogen-bond donors (Lipinski definition) is 3. The number of carbonyl (C=O) groups excluding carboxylic acids is 2. The second-order valence-corrected chi connectivity index (χ2v) is 5.06. The van der Waals surface area contributed by atoms with Gasteiger partial charge in [-0.1, -0.05) is 0 Å². The van der Waals surface area contributed by atoms with Crippen LogP contribution in [0.4, 0.5) is 11.4 Å². The van der Waals surface area contributed by atoms with Gasteiger partial charge in [0.05, 0.1) is 12.9 Å². The normalized spacial score (nSPS) is 17.5. The van der Waals surface area contributed by atoms with E-state index in [1.165, 1.54) is 6.26 Å². The lowest BCUT2D eigenvalue weighted by Crippen LogP contribution is -2.45. The lowest BCUT2D eigenvalue weighted by atomic mass is 10.2. The highest BCUT2D eigenvalue weighted by molar-refractivity contribution is 6.02. The second-order valence-electron chi connectivity index (χ2n) is 5.06. The van der Waals surface area contributed by atoms with Crippen molar-refractivity contribution in [1.29, 1.82) is 0 Å². The van der Waals surface area contributed by atoms with E-state index in [1.54, 1.807) is 36.4 Å². The van der Waals surface area contributed by atoms with Gasteiger partial charge in [-0.15, -0.1) is 0 Å². The summed E-state index contributed by atoms with van der Waals surface area (Å²) in [5.74, 6) is -0.276. The predicted molar refractivity (Wildman–Crippen MR) is 84.3 cm³/mol. The van der Waals surface area contributed by atoms with Crippen molar-refractivity contribution in [3.8, 4) is 0 Å². The van der Waals surface area contributed by atoms with Crippen LogP contribution in [0.25, 0.3) is 0 Å². The van der Waals surface area contributed by atoms with Gasteiger partial charge in [0.2, 0.25) is 0 Å². The number of furan rings is 1. The molecule has 7 nitrogen and oxygen atoms in total. The standard InChI is InChI=1S/C16H17N3O4/c20-15(13-2-1-8-22-13)18-11-3-5-12(6-4-11)19-16(21)14-10-17-7-9-23-14/h1-6,8,14,17H,7,9-10H2,(H,18,20)(H,19,21). The third-order valence-electron chi connectivity index (χ3n) is 3.38. The van der Waals surface area contributed by atoms with Gasteiger partial charge >= 0.3 is 0 Å². The van der Waals surface area contributed by atoms with E-state index in [0.717, 1.165) is 6.54 Å². The third-order valence-corrected chi connectivity index (χ3v) is 3.38. The van der Waals surface area contributed by atoms with Crippen molar-refractivity contribution in [2.75, 3.05) is 30.3 Å². The molecule has 1 aliphatic rings. The zero-order valence-corrected chi connectivity index (χ0v) is 12.4. The molecule has 0 radical (unpaired) electrons. The van der Waals surface area contributed by atoms with Gasteiger partial charge in [-0.3, -0.25) is 9.59 Å². The fourth-order valence-corrected chi connectivity index (χ4v) is 2.19. The van der Waals surface area contributed by atoms with Gasteiger partial charge < -0.3 is 25.1 Å². The zero-order valence-electron chi connectivity index (χ0n) is 12.4. The Hall–Kier alpha value is -2.64. The number of rotatable bonds is 4. The van der Waals surface area contributed by atoms with E-state index in [-0.39, 0.29) is 17.6 Å². The first-order valence-corrected chi connectivity index (χ1v) is 7.30. The molecule has 23 heavy (non-hydrogen) atoms. The van der Waals surface area contributed by atoms with Crippen LogP contribution in [0.2, 0.25) is 0 Å². The fourth-order valence-electron chi connectivity index (χ4n) is 2.19. The molecule has 2 amide bonds. The molecule has 1 unspecified atom stereocenters. The van der Waals surface area contributed by atoms with Crippen molar-refractivity contribution in [1.82, 2.24) is 5.32 Å². The van der Waals surface area contributed by atoms with Gasteiger partial charge in [0, 0.05) is 24.5 Å². The van der Waals surface area contributed by atoms with Gasteiger partial charge in [0.1, 0.15) is 6.10 Å². The van der Waals surface area contributed by atoms with Crippen molar-refractivity contribution in [3.63, 3.8) is 0 Å². The van der Waals surface area contributed by atoms with Gasteiger partial charge in [0.25, 0.3) is 11.8 Å². The summed E-state index contributed by atoms with van der Waals surface area (Å²) in [6.45, 7) is 1.78. The molecular formula is C16H17N3O4. The molecule has 1 aliphatic heterocycles. The average molecular weight is 315 g/mol. The van der Waals surface area contributed by atoms with Crippen LogP contribution in [-0.4, -0.2) is 37.6 Å². The zero-order chi connectivity index (χ0) is 16.1. The minimum Gasteiger partial charge on any atom is -0.459 e. The number of ether oxygens (including phenoxy) is 1. The Balaban J connectivity index is 1.56. The molecule has 1 saturated heterocycles. The van der Waals surface area contributed by atoms with Crippen LogP contribution in [0.3, 0.4) is 0 Å². The molecule has 1 aromatic heterocycles. The first kappa shape index (κ1) is 15.3. The summed E-state index contributed by atoms with van der Waals surface area (Å²) < 4.78 is 10.4. The molecule has 1 atom stereocenters. The Morgan fingerprint density at radius 2 is 1.83 bits per heavy atom. The Bertz CT molecular complexity index is 661. The maximum absolute atomic E-state index is 12.0. The first-order chi connectivity index (χ1) is 11.2. The lowest BCUT2D eigenvalue weighted by Gasteiger charge is -2.22. The highest BCUT2D eigenvalue weighted by atomic mass is 16.5. The quantitative estimate of drug-likeness (QED) is 0.794. The Morgan fingerprint density at radius 3 is 2.43 bits per heavy atom. The van der Waals surface area contributed by atoms with Crippen molar-refractivity contribution < 1.29 is 18.7 Å². The maximum Gasteiger partial charge on any atom is 0.291 e. The highest BCUT2D eigenvalue weighted by Gasteiger charge is 2.21. The molecule has 3 rings (SSSR count). The first-order valence-electron chi connectivity index (χ1n) is 7.30. The summed E-state index contributed by atoms with van der Waals surface area (Å²) in [5.41, 5.74) is 1.25. The number of amides is 2. The summed E-state index contributed by atoms with van der Waals surface area (Å²) in [4.78, 5) is 23.9. The predicted octanol–water partition coefficient (Wildman–Crippen LogP) is 1.46. The van der Waals surface area contributed by atoms with Crippen LogP contribution in [0.1, 0.15) is 10.6 Å². The molecule has 0 bridgehead atoms. The van der Waals surface area contributed by atoms with Crippen LogP contribution >= 0.6 is 0 Å². The fraction of sp³-hybridized carbons (Fsp3) is 0.250. The smallest absolute Gasteiger partial charge is 0.291 e. The van der Waals surface area contributed by atoms with E-state index >= 15 is 0 Å². The number of hydrogen-bond acceptors (Lipinski definition) is 5. The number of carbonyl (C=O) groups is 2. The molecule has 2 aromatic rings. The Kier molecular flexibility index (Phi) is 4.70. The second kappa shape index (κ2) is 7.08. The molecule has 1 fully saturated rings. The SMILES string of the molecule is O=C(Nc1ccc(NC(=O)C2CNCCO2)cc1)c1ccco1. The molecule has 120 valence electrons. The Labute approximate surface area is 133 Å². The highest BCUT2D eigenvalue weighted by Crippen LogP contribution is 2.15. The van der Waals surface area contributed by atoms with Crippen LogP contribution in [0.5, 0.6) is 0 Å². The van der Waals surface area contributed by atoms with Gasteiger partial charge in [0.15, 0.2) is 5.76 Å². The molecule has 7 heteroatoms. The van der Waals surface area contributed by atoms with Gasteiger partial charge in [-0.05, 0) is 36.4 Å². The van der Waals surface area contributed by atoms with E-state index < -0.39 is 6.10 Å². The van der Waals surface area contributed by atoms with E-state index in [1.807, 2.05) is 0 Å². The van der Waals surface area contributed by atoms with Gasteiger partial charge in [-0.25, -0.2) is 0 Å². The summed E-state index contributed by atoms with van der Waals surface area (Å²) in [6.07, 6.45) is 0.956. The molecule has 0 spiro atoms. The molecule has 0 saturated carbocycles. The topological polar surface area (TPSA) is 92.6 Å². The summed E-state index contributed by atoms with van der Waals surface area (Å²) in [5, 5.41) is 8.60. The number of benzene rings is 1. The van der Waals surface area contributed by atoms with Crippen LogP contribution in [0.15, 0.2) is 47.1 Å². The van der Waals surface area contributed by atoms with E-state index in [0.29, 0.717) is 24.5 Å². The summed E-state index contributed by atoms with van der Waals surface area (Å²) in [6, 6.07) is 10.1. The van der Waals surface area contributed by atoms with E-state index in [4.69, 9.17) is 9.15 Å². The molecule has 3 N–H and O–H groups in total. The molecule has 1 aromatic carbocycles. The molecule has 2 heterocycles. The van der Waals surface area contributed by atoms with Crippen LogP contribution in [-0.2, 0) is 9.53 Å². The molecule has 0 aliphatic carbocycles. The number of nitrogens with one attached hydrogen (secondary N) is 3. The van der Waals surface area contributed by atoms with Crippen molar-refractivity contribution in [2.24, 2.45) is 0 Å². The lowest BCUT2D eigenvalue weighted by molar-refractivity contribution is -0.128. The van der Waals surface area contributed by atoms with Crippen molar-refractivity contribution >= 4 is 23.2 Å². The Morgan fingerprint density at radius 1 is 1.09 bits per heavy atom. The summed E-state index contributed by atoms with van der Waals surface area (Å²) in [7, 11) is 0. The number of anilines is 2. The van der Waals surface area contributed by atoms with Crippen LogP contribution < -0.4 is 16.0 Å². The third kappa shape index (κ3) is 3.97. The average Bonchev–Trinajstić information content (AvgIpc) is 3.12. The largest absolute Gasteiger partial charge is 0.459 e. The van der Waals surface area contributed by atoms with Crippen molar-refractivity contribution in [2.45, 2.75) is 6.10 Å². The van der Waals surface area contributed by atoms with E-state index in [2.05, 4.69) is 16.0 Å². The minimum absolute atomic E-state index is 0.190. The molecular weight excluding hydrogens is 298 g/mol. The van der Waals surface area contributed by atoms with E-state index in [9.17, 15) is 9.59 Å². The summed E-state index contributed by atoms with van der Waals surface area (Å²) >= 11 is 0. The van der Waals surface area contributed by atoms with Gasteiger partial charge in [-0.2, -0.15) is 0 Å². The minimum atomic E-state index is -0.484. The monoisotopic (exact) mass is 315 g/mol. The number of morpholine rings is 1. The van der Waals surface area contributed by atoms with Crippen molar-refractivity contribution in [3.05, 3.63) is 48.4 Å². The maximum atomic E-state index is 12.0.